The minimum Gasteiger partial charge on any atom is -0.297 e. The number of urea groups is 1. The van der Waals surface area contributed by atoms with Gasteiger partial charge in [0.25, 0.3) is 0 Å². The van der Waals surface area contributed by atoms with Gasteiger partial charge < -0.3 is 0 Å². The van der Waals surface area contributed by atoms with Crippen LogP contribution in [0.4, 0.5) is 16.2 Å². The average Bonchev–Trinajstić information content (AvgIpc) is 2.76. The second-order valence-electron chi connectivity index (χ2n) is 7.18. The molecule has 0 aliphatic rings. The van der Waals surface area contributed by atoms with Crippen molar-refractivity contribution in [2.45, 2.75) is 0 Å². The average molecular weight is 364 g/mol. The van der Waals surface area contributed by atoms with Gasteiger partial charge in [-0.1, -0.05) is 66.7 Å². The zero-order valence-electron chi connectivity index (χ0n) is 15.9. The van der Waals surface area contributed by atoms with Crippen molar-refractivity contribution >= 4 is 49.7 Å². The van der Waals surface area contributed by atoms with Crippen LogP contribution in [-0.4, -0.2) is 20.1 Å². The third kappa shape index (κ3) is 2.40. The predicted molar refractivity (Wildman–Crippen MR) is 119 cm³/mol. The molecule has 0 unspecified atom stereocenters. The first-order valence-corrected chi connectivity index (χ1v) is 9.38. The smallest absolute Gasteiger partial charge is 0.297 e. The zero-order valence-corrected chi connectivity index (χ0v) is 15.9. The maximum Gasteiger partial charge on any atom is 0.328 e. The van der Waals surface area contributed by atoms with Crippen molar-refractivity contribution in [2.75, 3.05) is 23.9 Å². The van der Waals surface area contributed by atoms with Crippen LogP contribution in [0.15, 0.2) is 84.9 Å². The van der Waals surface area contributed by atoms with E-state index in [0.717, 1.165) is 16.8 Å². The first-order valence-electron chi connectivity index (χ1n) is 9.38. The van der Waals surface area contributed by atoms with Crippen LogP contribution >= 0.6 is 0 Å². The Kier molecular flexibility index (Phi) is 3.69. The second-order valence-corrected chi connectivity index (χ2v) is 7.18. The van der Waals surface area contributed by atoms with Crippen LogP contribution in [0.25, 0.3) is 32.3 Å². The van der Waals surface area contributed by atoms with E-state index in [2.05, 4.69) is 48.5 Å². The van der Waals surface area contributed by atoms with E-state index in [4.69, 9.17) is 0 Å². The van der Waals surface area contributed by atoms with Gasteiger partial charge in [0.15, 0.2) is 0 Å². The Morgan fingerprint density at radius 1 is 0.607 bits per heavy atom. The Balaban J connectivity index is 1.67. The summed E-state index contributed by atoms with van der Waals surface area (Å²) in [5, 5.41) is 7.22. The molecule has 3 nitrogen and oxygen atoms in total. The van der Waals surface area contributed by atoms with Gasteiger partial charge in [-0.15, -0.1) is 0 Å². The first kappa shape index (κ1) is 16.6. The highest BCUT2D eigenvalue weighted by molar-refractivity contribution is 6.26. The van der Waals surface area contributed by atoms with E-state index in [-0.39, 0.29) is 6.03 Å². The topological polar surface area (TPSA) is 23.6 Å². The van der Waals surface area contributed by atoms with Gasteiger partial charge in [0, 0.05) is 25.2 Å². The predicted octanol–water partition coefficient (Wildman–Crippen LogP) is 6.28. The molecule has 136 valence electrons. The van der Waals surface area contributed by atoms with E-state index in [1.165, 1.54) is 26.9 Å². The molecule has 0 bridgehead atoms. The molecule has 3 heteroatoms. The van der Waals surface area contributed by atoms with Crippen molar-refractivity contribution in [1.29, 1.82) is 0 Å². The van der Waals surface area contributed by atoms with Gasteiger partial charge in [-0.05, 0) is 45.1 Å². The summed E-state index contributed by atoms with van der Waals surface area (Å²) in [7, 11) is 3.65. The van der Waals surface area contributed by atoms with Crippen molar-refractivity contribution in [3.63, 3.8) is 0 Å². The van der Waals surface area contributed by atoms with Crippen molar-refractivity contribution in [3.8, 4) is 0 Å². The lowest BCUT2D eigenvalue weighted by Gasteiger charge is -2.26. The Bertz CT molecular complexity index is 1290. The number of carbonyl (C=O) groups excluding carboxylic acids is 1. The maximum absolute atomic E-state index is 13.2. The summed E-state index contributed by atoms with van der Waals surface area (Å²) in [5.41, 5.74) is 1.79. The summed E-state index contributed by atoms with van der Waals surface area (Å²) in [4.78, 5) is 16.6. The normalized spacial score (nSPS) is 11.4. The molecular weight excluding hydrogens is 344 g/mol. The highest BCUT2D eigenvalue weighted by atomic mass is 16.2. The Morgan fingerprint density at radius 2 is 1.21 bits per heavy atom. The Labute approximate surface area is 163 Å². The molecule has 5 aromatic carbocycles. The zero-order chi connectivity index (χ0) is 19.3. The standard InChI is InChI=1S/C25H20N2O/c1-26(20-9-4-3-5-10-20)25(28)27(2)22-16-14-19-12-11-17-7-6-8-18-13-15-21(22)24(19)23(17)18/h3-16H,1-2H3. The number of para-hydroxylation sites is 1. The van der Waals surface area contributed by atoms with Gasteiger partial charge in [0.05, 0.1) is 5.69 Å². The third-order valence-electron chi connectivity index (χ3n) is 5.58. The molecule has 0 fully saturated rings. The van der Waals surface area contributed by atoms with Gasteiger partial charge in [-0.2, -0.15) is 0 Å². The Morgan fingerprint density at radius 3 is 1.93 bits per heavy atom. The van der Waals surface area contributed by atoms with Gasteiger partial charge in [-0.3, -0.25) is 9.80 Å². The van der Waals surface area contributed by atoms with E-state index in [1.54, 1.807) is 9.80 Å². The lowest BCUT2D eigenvalue weighted by atomic mass is 9.93. The molecule has 5 rings (SSSR count). The van der Waals surface area contributed by atoms with Crippen molar-refractivity contribution in [2.24, 2.45) is 0 Å². The van der Waals surface area contributed by atoms with Crippen LogP contribution in [0.3, 0.4) is 0 Å². The molecular formula is C25H20N2O. The van der Waals surface area contributed by atoms with Gasteiger partial charge in [-0.25, -0.2) is 4.79 Å². The molecule has 0 heterocycles. The molecule has 0 radical (unpaired) electrons. The van der Waals surface area contributed by atoms with Crippen LogP contribution in [-0.2, 0) is 0 Å². The number of hydrogen-bond acceptors (Lipinski definition) is 1. The number of nitrogens with zero attached hydrogens (tertiary/aromatic N) is 2. The van der Waals surface area contributed by atoms with Gasteiger partial charge in [0.2, 0.25) is 0 Å². The summed E-state index contributed by atoms with van der Waals surface area (Å²) in [5.74, 6) is 0. The quantitative estimate of drug-likeness (QED) is 0.338. The minimum absolute atomic E-state index is 0.0683. The monoisotopic (exact) mass is 364 g/mol. The number of hydrogen-bond donors (Lipinski definition) is 0. The summed E-state index contributed by atoms with van der Waals surface area (Å²) >= 11 is 0. The van der Waals surface area contributed by atoms with E-state index in [0.29, 0.717) is 0 Å². The molecule has 0 saturated carbocycles. The lowest BCUT2D eigenvalue weighted by molar-refractivity contribution is 0.253. The number of rotatable bonds is 2. The SMILES string of the molecule is CN(C(=O)N(C)c1ccc2ccc3cccc4ccc1c2c34)c1ccccc1. The fourth-order valence-electron chi connectivity index (χ4n) is 4.10. The number of carbonyl (C=O) groups is 1. The van der Waals surface area contributed by atoms with Crippen LogP contribution in [0.1, 0.15) is 0 Å². The summed E-state index contributed by atoms with van der Waals surface area (Å²) < 4.78 is 0. The summed E-state index contributed by atoms with van der Waals surface area (Å²) in [6.07, 6.45) is 0. The molecule has 0 aliphatic carbocycles. The molecule has 0 N–H and O–H groups in total. The molecule has 0 atom stereocenters. The van der Waals surface area contributed by atoms with E-state index < -0.39 is 0 Å². The molecule has 5 aromatic rings. The lowest BCUT2D eigenvalue weighted by Crippen LogP contribution is -2.39. The molecule has 0 aliphatic heterocycles. The van der Waals surface area contributed by atoms with Crippen molar-refractivity contribution in [1.82, 2.24) is 0 Å². The van der Waals surface area contributed by atoms with Crippen molar-refractivity contribution in [3.05, 3.63) is 84.9 Å². The fraction of sp³-hybridized carbons (Fsp3) is 0.0800. The maximum atomic E-state index is 13.2. The molecule has 28 heavy (non-hydrogen) atoms. The minimum atomic E-state index is -0.0683. The summed E-state index contributed by atoms with van der Waals surface area (Å²) in [6.45, 7) is 0. The van der Waals surface area contributed by atoms with Gasteiger partial charge in [0.1, 0.15) is 0 Å². The second kappa shape index (κ2) is 6.24. The van der Waals surface area contributed by atoms with Crippen molar-refractivity contribution < 1.29 is 4.79 Å². The van der Waals surface area contributed by atoms with E-state index in [1.807, 2.05) is 50.5 Å². The van der Waals surface area contributed by atoms with E-state index >= 15 is 0 Å². The van der Waals surface area contributed by atoms with Crippen LogP contribution in [0.5, 0.6) is 0 Å². The largest absolute Gasteiger partial charge is 0.328 e. The number of anilines is 2. The molecule has 0 saturated heterocycles. The van der Waals surface area contributed by atoms with Crippen LogP contribution in [0.2, 0.25) is 0 Å². The van der Waals surface area contributed by atoms with Crippen LogP contribution in [0, 0.1) is 0 Å². The molecule has 2 amide bonds. The number of amides is 2. The van der Waals surface area contributed by atoms with E-state index in [9.17, 15) is 4.79 Å². The fourth-order valence-corrected chi connectivity index (χ4v) is 4.10. The molecule has 0 spiro atoms. The van der Waals surface area contributed by atoms with Crippen LogP contribution < -0.4 is 9.80 Å². The highest BCUT2D eigenvalue weighted by Gasteiger charge is 2.20. The summed E-state index contributed by atoms with van der Waals surface area (Å²) in [6, 6.07) is 28.8. The third-order valence-corrected chi connectivity index (χ3v) is 5.58. The first-order chi connectivity index (χ1) is 13.6. The number of benzene rings is 5. The highest BCUT2D eigenvalue weighted by Crippen LogP contribution is 2.38. The Hall–Kier alpha value is -3.59. The molecule has 0 aromatic heterocycles. The van der Waals surface area contributed by atoms with Gasteiger partial charge >= 0.3 is 6.03 Å².